The Labute approximate surface area is 278 Å². The van der Waals surface area contributed by atoms with Gasteiger partial charge in [-0.1, -0.05) is 103 Å². The van der Waals surface area contributed by atoms with Crippen LogP contribution in [0.4, 0.5) is 0 Å². The van der Waals surface area contributed by atoms with Crippen LogP contribution in [0.25, 0.3) is 108 Å². The lowest BCUT2D eigenvalue weighted by Crippen LogP contribution is -1.98. The maximum Gasteiger partial charge on any atom is 0.146 e. The number of nitrogens with zero attached hydrogens (tertiary/aromatic N) is 3. The highest BCUT2D eigenvalue weighted by molar-refractivity contribution is 7.26. The zero-order valence-electron chi connectivity index (χ0n) is 26.0. The Morgan fingerprint density at radius 2 is 1.21 bits per heavy atom. The lowest BCUT2D eigenvalue weighted by Gasteiger charge is -2.15. The number of pyridine rings is 1. The molecule has 11 aromatic rings. The van der Waals surface area contributed by atoms with Gasteiger partial charge in [-0.05, 0) is 71.0 Å². The molecule has 1 aliphatic rings. The van der Waals surface area contributed by atoms with E-state index in [9.17, 15) is 0 Å². The number of aryl methyl sites for hydroxylation is 1. The first kappa shape index (κ1) is 25.2. The second kappa shape index (κ2) is 8.68. The van der Waals surface area contributed by atoms with E-state index < -0.39 is 0 Å². The van der Waals surface area contributed by atoms with Crippen molar-refractivity contribution in [2.24, 2.45) is 0 Å². The number of hydrogen-bond donors (Lipinski definition) is 0. The third-order valence-corrected chi connectivity index (χ3v) is 11.8. The fraction of sp³-hybridized carbons (Fsp3) is 0.0227. The Morgan fingerprint density at radius 1 is 0.500 bits per heavy atom. The van der Waals surface area contributed by atoms with Gasteiger partial charge in [-0.25, -0.2) is 4.98 Å². The molecule has 0 bridgehead atoms. The van der Waals surface area contributed by atoms with E-state index >= 15 is 0 Å². The van der Waals surface area contributed by atoms with Crippen LogP contribution in [0.2, 0.25) is 0 Å². The molecule has 4 aromatic heterocycles. The van der Waals surface area contributed by atoms with Crippen molar-refractivity contribution in [3.63, 3.8) is 0 Å². The predicted molar refractivity (Wildman–Crippen MR) is 204 cm³/mol. The van der Waals surface area contributed by atoms with E-state index in [0.717, 1.165) is 22.1 Å². The van der Waals surface area contributed by atoms with Crippen molar-refractivity contribution in [2.45, 2.75) is 6.92 Å². The monoisotopic (exact) mass is 627 g/mol. The lowest BCUT2D eigenvalue weighted by atomic mass is 10.0. The minimum Gasteiger partial charge on any atom is -0.306 e. The summed E-state index contributed by atoms with van der Waals surface area (Å²) in [7, 11) is 0. The zero-order valence-corrected chi connectivity index (χ0v) is 26.8. The standard InChI is InChI=1S/C44H25N3S/c1-24-17-21-37-33(23-24)40-38(48-37)22-20-36-41(40)45-44-30-12-5-4-11-29(30)42-43(47(36)44)32-13-6-7-16-34(32)46(42)35-19-18-28-26-10-3-2-9-25(26)27-14-8-15-31(35)39(27)28/h2-23H,1H3. The van der Waals surface area contributed by atoms with Crippen molar-refractivity contribution in [1.82, 2.24) is 14.0 Å². The van der Waals surface area contributed by atoms with Gasteiger partial charge in [0.25, 0.3) is 0 Å². The van der Waals surface area contributed by atoms with Gasteiger partial charge in [0.2, 0.25) is 0 Å². The summed E-state index contributed by atoms with van der Waals surface area (Å²) in [6.07, 6.45) is 0. The summed E-state index contributed by atoms with van der Waals surface area (Å²) >= 11 is 1.86. The Bertz CT molecular complexity index is 3220. The van der Waals surface area contributed by atoms with E-state index in [4.69, 9.17) is 4.98 Å². The van der Waals surface area contributed by atoms with Gasteiger partial charge in [-0.2, -0.15) is 0 Å². The Hall–Kier alpha value is -5.97. The van der Waals surface area contributed by atoms with Gasteiger partial charge >= 0.3 is 0 Å². The molecular formula is C44H25N3S. The second-order valence-electron chi connectivity index (χ2n) is 13.2. The fourth-order valence-electron chi connectivity index (χ4n) is 8.74. The van der Waals surface area contributed by atoms with Gasteiger partial charge in [-0.3, -0.25) is 4.40 Å². The topological polar surface area (TPSA) is 22.2 Å². The van der Waals surface area contributed by atoms with E-state index in [1.165, 1.54) is 91.8 Å². The number of hydrogen-bond acceptors (Lipinski definition) is 2. The average Bonchev–Trinajstić information content (AvgIpc) is 3.87. The summed E-state index contributed by atoms with van der Waals surface area (Å²) in [6.45, 7) is 2.18. The molecule has 0 aliphatic heterocycles. The largest absolute Gasteiger partial charge is 0.306 e. The molecule has 0 radical (unpaired) electrons. The minimum atomic E-state index is 1.01. The Morgan fingerprint density at radius 3 is 2.08 bits per heavy atom. The third kappa shape index (κ3) is 2.94. The molecule has 7 aromatic carbocycles. The number of thiophene rings is 1. The van der Waals surface area contributed by atoms with E-state index in [-0.39, 0.29) is 0 Å². The van der Waals surface area contributed by atoms with Gasteiger partial charge in [0.15, 0.2) is 0 Å². The predicted octanol–water partition coefficient (Wildman–Crippen LogP) is 12.2. The van der Waals surface area contributed by atoms with Gasteiger partial charge in [0.1, 0.15) is 5.65 Å². The third-order valence-electron chi connectivity index (χ3n) is 10.7. The number of imidazole rings is 1. The summed E-state index contributed by atoms with van der Waals surface area (Å²) in [5.74, 6) is 0. The number of para-hydroxylation sites is 1. The quantitative estimate of drug-likeness (QED) is 0.177. The first-order valence-corrected chi connectivity index (χ1v) is 17.3. The fourth-order valence-corrected chi connectivity index (χ4v) is 9.83. The van der Waals surface area contributed by atoms with Crippen LogP contribution in [0.15, 0.2) is 133 Å². The van der Waals surface area contributed by atoms with Gasteiger partial charge in [0.05, 0.1) is 33.3 Å². The molecule has 48 heavy (non-hydrogen) atoms. The van der Waals surface area contributed by atoms with Crippen molar-refractivity contribution in [3.05, 3.63) is 139 Å². The first-order valence-electron chi connectivity index (χ1n) is 16.5. The van der Waals surface area contributed by atoms with Crippen molar-refractivity contribution in [3.8, 4) is 27.9 Å². The molecule has 4 heterocycles. The van der Waals surface area contributed by atoms with Crippen LogP contribution in [-0.4, -0.2) is 14.0 Å². The Balaban J connectivity index is 1.31. The number of benzene rings is 7. The maximum absolute atomic E-state index is 5.53. The molecule has 0 N–H and O–H groups in total. The van der Waals surface area contributed by atoms with Crippen LogP contribution in [0.5, 0.6) is 0 Å². The van der Waals surface area contributed by atoms with Crippen LogP contribution >= 0.6 is 11.3 Å². The van der Waals surface area contributed by atoms with Gasteiger partial charge < -0.3 is 4.57 Å². The summed E-state index contributed by atoms with van der Waals surface area (Å²) in [4.78, 5) is 5.53. The summed E-state index contributed by atoms with van der Waals surface area (Å²) in [5.41, 5.74) is 14.6. The van der Waals surface area contributed by atoms with Gasteiger partial charge in [0, 0.05) is 41.7 Å². The van der Waals surface area contributed by atoms with Crippen LogP contribution < -0.4 is 0 Å². The summed E-state index contributed by atoms with van der Waals surface area (Å²) in [5, 5.41) is 8.75. The molecule has 0 fully saturated rings. The molecule has 3 nitrogen and oxygen atoms in total. The van der Waals surface area contributed by atoms with E-state index in [2.05, 4.69) is 149 Å². The van der Waals surface area contributed by atoms with E-state index in [0.29, 0.717) is 0 Å². The van der Waals surface area contributed by atoms with Crippen LogP contribution in [-0.2, 0) is 0 Å². The highest BCUT2D eigenvalue weighted by Crippen LogP contribution is 2.50. The molecule has 222 valence electrons. The maximum atomic E-state index is 5.53. The van der Waals surface area contributed by atoms with Crippen molar-refractivity contribution >= 4 is 91.7 Å². The summed E-state index contributed by atoms with van der Waals surface area (Å²) < 4.78 is 7.55. The van der Waals surface area contributed by atoms with Crippen molar-refractivity contribution in [1.29, 1.82) is 0 Å². The molecule has 12 rings (SSSR count). The molecule has 0 atom stereocenters. The number of rotatable bonds is 1. The molecule has 0 saturated heterocycles. The van der Waals surface area contributed by atoms with Crippen molar-refractivity contribution in [2.75, 3.05) is 0 Å². The van der Waals surface area contributed by atoms with Crippen molar-refractivity contribution < 1.29 is 0 Å². The van der Waals surface area contributed by atoms with Gasteiger partial charge in [-0.15, -0.1) is 11.3 Å². The second-order valence-corrected chi connectivity index (χ2v) is 14.3. The van der Waals surface area contributed by atoms with Crippen LogP contribution in [0.3, 0.4) is 0 Å². The smallest absolute Gasteiger partial charge is 0.146 e. The summed E-state index contributed by atoms with van der Waals surface area (Å²) in [6, 6.07) is 49.4. The highest BCUT2D eigenvalue weighted by atomic mass is 32.1. The minimum absolute atomic E-state index is 1.01. The molecule has 0 saturated carbocycles. The van der Waals surface area contributed by atoms with E-state index in [1.54, 1.807) is 0 Å². The molecule has 4 heteroatoms. The molecule has 0 unspecified atom stereocenters. The lowest BCUT2D eigenvalue weighted by molar-refractivity contribution is 1.20. The van der Waals surface area contributed by atoms with E-state index in [1.807, 2.05) is 11.3 Å². The normalized spacial score (nSPS) is 12.7. The number of fused-ring (bicyclic) bond motifs is 17. The van der Waals surface area contributed by atoms with Crippen LogP contribution in [0.1, 0.15) is 5.56 Å². The SMILES string of the molecule is Cc1ccc2sc3ccc4c(nc5c6ccccc6c6c(c7ccccc7n6-c6ccc7c8c(cccc68)-c6ccccc6-7)n45)c3c2c1. The molecule has 0 amide bonds. The zero-order chi connectivity index (χ0) is 31.2. The number of aromatic nitrogens is 3. The molecule has 0 spiro atoms. The Kier molecular flexibility index (Phi) is 4.55. The molecular weight excluding hydrogens is 603 g/mol. The average molecular weight is 628 g/mol. The first-order chi connectivity index (χ1) is 23.7. The highest BCUT2D eigenvalue weighted by Gasteiger charge is 2.26. The molecule has 1 aliphatic carbocycles. The van der Waals surface area contributed by atoms with Crippen LogP contribution in [0, 0.1) is 6.92 Å².